The van der Waals surface area contributed by atoms with Crippen LogP contribution in [0.3, 0.4) is 0 Å². The molecule has 20 aromatic rings. The average molecular weight is 1560 g/mol. The number of anilines is 9. The standard InChI is InChI=1S/C114H91BN6/c1-112(2,3)80-51-61-104-96(66-80)97-67-81(113(4,5)6)52-62-105(97)119(104)87-58-60-99-107(71-87)121(111-94(76-37-19-12-20-38-76)68-82(114(7,8)9)69-95(111)77-39-21-13-22-40-77)109-73-89(116(83-41-23-14-24-42-83)84-53-55-85(56-54-84)117-100-47-29-25-43-90(100)91-44-26-30-48-101(91)117)72-108-110(109)115(99)98-59-57-86(118-102-49-31-27-45-92(102)93-46-28-32-50-103(93)118)70-106(98)120(108)88-64-78(74-33-15-10-16-34-74)63-79(65-88)75-35-17-11-18-36-75/h10-73H,1-9H3. The van der Waals surface area contributed by atoms with E-state index in [0.717, 1.165) is 135 Å². The molecule has 0 amide bonds. The summed E-state index contributed by atoms with van der Waals surface area (Å²) in [4.78, 5) is 7.90. The lowest BCUT2D eigenvalue weighted by Gasteiger charge is -2.46. The highest BCUT2D eigenvalue weighted by Gasteiger charge is 2.46. The van der Waals surface area contributed by atoms with Gasteiger partial charge >= 0.3 is 0 Å². The van der Waals surface area contributed by atoms with Crippen LogP contribution in [0.25, 0.3) is 127 Å². The van der Waals surface area contributed by atoms with Gasteiger partial charge in [0.1, 0.15) is 0 Å². The van der Waals surface area contributed by atoms with Crippen LogP contribution in [0.5, 0.6) is 0 Å². The Kier molecular flexibility index (Phi) is 17.0. The zero-order valence-electron chi connectivity index (χ0n) is 69.7. The third-order valence-corrected chi connectivity index (χ3v) is 25.6. The van der Waals surface area contributed by atoms with Crippen molar-refractivity contribution in [3.63, 3.8) is 0 Å². The van der Waals surface area contributed by atoms with Crippen LogP contribution in [-0.2, 0) is 16.2 Å². The van der Waals surface area contributed by atoms with Gasteiger partial charge in [-0.3, -0.25) is 0 Å². The highest BCUT2D eigenvalue weighted by molar-refractivity contribution is 7.00. The van der Waals surface area contributed by atoms with Gasteiger partial charge in [0, 0.05) is 100 Å². The van der Waals surface area contributed by atoms with Crippen LogP contribution in [0, 0.1) is 0 Å². The first-order valence-corrected chi connectivity index (χ1v) is 42.6. The van der Waals surface area contributed by atoms with Crippen LogP contribution in [0.2, 0.25) is 0 Å². The number of benzene rings is 17. The van der Waals surface area contributed by atoms with Crippen LogP contribution in [0.15, 0.2) is 388 Å². The first-order valence-electron chi connectivity index (χ1n) is 42.6. The number of fused-ring (bicyclic) bond motifs is 13. The molecule has 0 spiro atoms. The zero-order chi connectivity index (χ0) is 81.7. The van der Waals surface area contributed by atoms with Gasteiger partial charge < -0.3 is 28.4 Å². The SMILES string of the molecule is CC(C)(C)c1cc(-c2ccccc2)c(N2c3cc(-n4c5ccc(C(C)(C)C)cc5c5cc(C(C)(C)C)ccc54)ccc3B3c4ccc(-n5c6ccccc6c6ccccc65)cc4N(c4cc(-c5ccccc5)cc(-c5ccccc5)c4)c4cc(N(c5ccccc5)c5ccc(-n6c7ccccc7c7ccccc76)cc5)cc2c43)c(-c2ccccc2)c1. The lowest BCUT2D eigenvalue weighted by atomic mass is 9.33. The first-order chi connectivity index (χ1) is 58.9. The molecule has 0 saturated carbocycles. The molecule has 0 bridgehead atoms. The van der Waals surface area contributed by atoms with Crippen LogP contribution < -0.4 is 31.1 Å². The topological polar surface area (TPSA) is 24.5 Å². The maximum absolute atomic E-state index is 2.73. The molecule has 0 aliphatic carbocycles. The highest BCUT2D eigenvalue weighted by atomic mass is 15.2. The first kappa shape index (κ1) is 73.0. The molecule has 3 aromatic heterocycles. The van der Waals surface area contributed by atoms with E-state index in [2.05, 4.69) is 479 Å². The monoisotopic (exact) mass is 1550 g/mol. The zero-order valence-corrected chi connectivity index (χ0v) is 69.7. The van der Waals surface area contributed by atoms with E-state index in [1.54, 1.807) is 0 Å². The van der Waals surface area contributed by atoms with E-state index in [0.29, 0.717) is 0 Å². The second-order valence-corrected chi connectivity index (χ2v) is 36.1. The molecule has 17 aromatic carbocycles. The van der Waals surface area contributed by atoms with E-state index < -0.39 is 0 Å². The predicted molar refractivity (Wildman–Crippen MR) is 516 cm³/mol. The lowest BCUT2D eigenvalue weighted by molar-refractivity contribution is 0.590. The summed E-state index contributed by atoms with van der Waals surface area (Å²) in [5, 5.41) is 7.37. The minimum Gasteiger partial charge on any atom is -0.311 e. The molecule has 2 aliphatic rings. The van der Waals surface area contributed by atoms with Crippen LogP contribution >= 0.6 is 0 Å². The lowest BCUT2D eigenvalue weighted by Crippen LogP contribution is -2.61. The average Bonchev–Trinajstić information content (AvgIpc) is 1.58. The van der Waals surface area contributed by atoms with E-state index in [4.69, 9.17) is 0 Å². The van der Waals surface area contributed by atoms with Gasteiger partial charge in [0.2, 0.25) is 0 Å². The van der Waals surface area contributed by atoms with Crippen molar-refractivity contribution >= 4 is 140 Å². The highest BCUT2D eigenvalue weighted by Crippen LogP contribution is 2.55. The number of nitrogens with zero attached hydrogens (tertiary/aromatic N) is 6. The Balaban J connectivity index is 0.909. The second-order valence-electron chi connectivity index (χ2n) is 36.1. The molecule has 6 nitrogen and oxygen atoms in total. The fourth-order valence-electron chi connectivity index (χ4n) is 19.6. The molecule has 22 rings (SSSR count). The number of aromatic nitrogens is 3. The minimum atomic E-state index is -0.324. The molecule has 5 heterocycles. The van der Waals surface area contributed by atoms with Gasteiger partial charge in [-0.25, -0.2) is 0 Å². The number of rotatable bonds is 12. The van der Waals surface area contributed by atoms with Gasteiger partial charge in [0.15, 0.2) is 0 Å². The molecule has 2 aliphatic heterocycles. The quantitative estimate of drug-likeness (QED) is 0.114. The second kappa shape index (κ2) is 28.2. The Morgan fingerprint density at radius 2 is 0.570 bits per heavy atom. The van der Waals surface area contributed by atoms with Crippen molar-refractivity contribution in [2.75, 3.05) is 14.7 Å². The Morgan fingerprint density at radius 3 is 0.992 bits per heavy atom. The van der Waals surface area contributed by atoms with E-state index in [9.17, 15) is 0 Å². The fourth-order valence-corrected chi connectivity index (χ4v) is 19.6. The molecule has 121 heavy (non-hydrogen) atoms. The Labute approximate surface area is 708 Å². The molecule has 0 unspecified atom stereocenters. The fraction of sp³-hybridized carbons (Fsp3) is 0.105. The molecular formula is C114H91BN6. The molecule has 7 heteroatoms. The molecule has 0 saturated heterocycles. The normalized spacial score (nSPS) is 12.8. The summed E-state index contributed by atoms with van der Waals surface area (Å²) in [5.74, 6) is 0. The van der Waals surface area contributed by atoms with E-state index in [1.165, 1.54) is 76.4 Å². The maximum atomic E-state index is 2.73. The predicted octanol–water partition coefficient (Wildman–Crippen LogP) is 29.1. The number of para-hydroxylation sites is 5. The van der Waals surface area contributed by atoms with Gasteiger partial charge in [-0.1, -0.05) is 299 Å². The van der Waals surface area contributed by atoms with Crippen molar-refractivity contribution in [2.24, 2.45) is 0 Å². The van der Waals surface area contributed by atoms with Gasteiger partial charge in [-0.2, -0.15) is 0 Å². The molecular weight excluding hydrogens is 1460 g/mol. The van der Waals surface area contributed by atoms with Crippen molar-refractivity contribution in [1.82, 2.24) is 13.7 Å². The maximum Gasteiger partial charge on any atom is 0.252 e. The van der Waals surface area contributed by atoms with Crippen molar-refractivity contribution in [2.45, 2.75) is 78.6 Å². The summed E-state index contributed by atoms with van der Waals surface area (Å²) < 4.78 is 7.49. The van der Waals surface area contributed by atoms with Crippen molar-refractivity contribution < 1.29 is 0 Å². The van der Waals surface area contributed by atoms with E-state index >= 15 is 0 Å². The van der Waals surface area contributed by atoms with Gasteiger partial charge in [-0.15, -0.1) is 0 Å². The molecule has 580 valence electrons. The summed E-state index contributed by atoms with van der Waals surface area (Å²) in [7, 11) is 0. The molecule has 0 fully saturated rings. The van der Waals surface area contributed by atoms with Crippen molar-refractivity contribution in [3.05, 3.63) is 405 Å². The Hall–Kier alpha value is -14.4. The van der Waals surface area contributed by atoms with Crippen molar-refractivity contribution in [3.8, 4) is 61.6 Å². The number of hydrogen-bond donors (Lipinski definition) is 0. The Bertz CT molecular complexity index is 7210. The number of hydrogen-bond acceptors (Lipinski definition) is 3. The smallest absolute Gasteiger partial charge is 0.252 e. The van der Waals surface area contributed by atoms with Gasteiger partial charge in [-0.05, 0) is 234 Å². The van der Waals surface area contributed by atoms with Gasteiger partial charge in [0.05, 0.1) is 44.5 Å². The van der Waals surface area contributed by atoms with E-state index in [-0.39, 0.29) is 23.0 Å². The summed E-state index contributed by atoms with van der Waals surface area (Å²) in [6, 6.07) is 147. The van der Waals surface area contributed by atoms with Crippen LogP contribution in [0.1, 0.15) is 79.0 Å². The van der Waals surface area contributed by atoms with Crippen LogP contribution in [-0.4, -0.2) is 20.4 Å². The van der Waals surface area contributed by atoms with Crippen molar-refractivity contribution in [1.29, 1.82) is 0 Å². The summed E-state index contributed by atoms with van der Waals surface area (Å²) >= 11 is 0. The van der Waals surface area contributed by atoms with Crippen LogP contribution in [0.4, 0.5) is 51.2 Å². The van der Waals surface area contributed by atoms with E-state index in [1.807, 2.05) is 0 Å². The van der Waals surface area contributed by atoms with Gasteiger partial charge in [0.25, 0.3) is 6.71 Å². The minimum absolute atomic E-state index is 0.0882. The summed E-state index contributed by atoms with van der Waals surface area (Å²) in [5.41, 5.74) is 35.7. The molecule has 0 radical (unpaired) electrons. The third kappa shape index (κ3) is 12.1. The molecule has 0 N–H and O–H groups in total. The summed E-state index contributed by atoms with van der Waals surface area (Å²) in [6.07, 6.45) is 0. The summed E-state index contributed by atoms with van der Waals surface area (Å²) in [6.45, 7) is 20.8. The Morgan fingerprint density at radius 1 is 0.223 bits per heavy atom. The molecule has 0 atom stereocenters. The third-order valence-electron chi connectivity index (χ3n) is 25.6. The largest absolute Gasteiger partial charge is 0.311 e.